The van der Waals surface area contributed by atoms with Gasteiger partial charge in [-0.1, -0.05) is 12.1 Å². The third-order valence-electron chi connectivity index (χ3n) is 5.49. The summed E-state index contributed by atoms with van der Waals surface area (Å²) in [6.45, 7) is 4.03. The van der Waals surface area contributed by atoms with Gasteiger partial charge in [-0.2, -0.15) is 10.1 Å². The molecule has 12 heteroatoms. The number of fused-ring (bicyclic) bond motifs is 1. The predicted octanol–water partition coefficient (Wildman–Crippen LogP) is 1.72. The molecule has 0 bridgehead atoms. The number of hydrazone groups is 1. The number of nitrogens with one attached hydrogen (secondary N) is 2. The fourth-order valence-electron chi connectivity index (χ4n) is 3.71. The molecule has 2 heterocycles. The molecule has 0 aliphatic rings. The van der Waals surface area contributed by atoms with Crippen LogP contribution in [0.4, 0.5) is 5.95 Å². The Hall–Kier alpha value is -4.58. The van der Waals surface area contributed by atoms with E-state index in [9.17, 15) is 19.8 Å². The highest BCUT2D eigenvalue weighted by atomic mass is 16.5. The number of H-pyrrole nitrogens is 1. The van der Waals surface area contributed by atoms with E-state index in [0.717, 1.165) is 5.56 Å². The second-order valence-electron chi connectivity index (χ2n) is 8.35. The van der Waals surface area contributed by atoms with Crippen LogP contribution < -0.4 is 26.1 Å². The summed E-state index contributed by atoms with van der Waals surface area (Å²) in [5.74, 6) is 1.07. The van der Waals surface area contributed by atoms with Gasteiger partial charge in [0.05, 0.1) is 19.4 Å². The van der Waals surface area contributed by atoms with Gasteiger partial charge in [0.15, 0.2) is 22.7 Å². The maximum atomic E-state index is 12.7. The first-order chi connectivity index (χ1) is 17.8. The number of phenols is 1. The number of hydrogen-bond donors (Lipinski definition) is 4. The number of aliphatic hydroxyl groups excluding tert-OH is 1. The van der Waals surface area contributed by atoms with Crippen LogP contribution in [0.5, 0.6) is 17.2 Å². The largest absolute Gasteiger partial charge is 0.504 e. The number of aromatic amines is 1. The molecule has 0 aliphatic carbocycles. The molecule has 0 saturated heterocycles. The lowest BCUT2D eigenvalue weighted by atomic mass is 10.2. The van der Waals surface area contributed by atoms with Crippen LogP contribution in [-0.2, 0) is 13.6 Å². The molecule has 194 valence electrons. The summed E-state index contributed by atoms with van der Waals surface area (Å²) in [7, 11) is 1.48. The van der Waals surface area contributed by atoms with E-state index < -0.39 is 17.4 Å². The number of ether oxygens (including phenoxy) is 2. The van der Waals surface area contributed by atoms with Crippen molar-refractivity contribution in [3.05, 3.63) is 74.4 Å². The molecule has 2 aromatic carbocycles. The molecule has 0 radical (unpaired) electrons. The summed E-state index contributed by atoms with van der Waals surface area (Å²) >= 11 is 0. The van der Waals surface area contributed by atoms with Crippen LogP contribution in [0.2, 0.25) is 0 Å². The van der Waals surface area contributed by atoms with Gasteiger partial charge in [0, 0.05) is 7.05 Å². The van der Waals surface area contributed by atoms with Crippen LogP contribution in [0.3, 0.4) is 0 Å². The highest BCUT2D eigenvalue weighted by Crippen LogP contribution is 2.26. The molecule has 0 saturated carbocycles. The highest BCUT2D eigenvalue weighted by Gasteiger charge is 2.20. The molecule has 37 heavy (non-hydrogen) atoms. The minimum absolute atomic E-state index is 0.00997. The Morgan fingerprint density at radius 1 is 1.22 bits per heavy atom. The van der Waals surface area contributed by atoms with Crippen molar-refractivity contribution in [1.29, 1.82) is 0 Å². The van der Waals surface area contributed by atoms with Gasteiger partial charge in [0.25, 0.3) is 5.56 Å². The number of benzene rings is 2. The Morgan fingerprint density at radius 2 is 2.03 bits per heavy atom. The molecule has 4 aromatic rings. The quantitative estimate of drug-likeness (QED) is 0.186. The number of nitrogens with zero attached hydrogens (tertiary/aromatic N) is 4. The van der Waals surface area contributed by atoms with E-state index in [0.29, 0.717) is 23.7 Å². The number of aromatic hydroxyl groups is 1. The van der Waals surface area contributed by atoms with Gasteiger partial charge in [-0.25, -0.2) is 10.2 Å². The predicted molar refractivity (Wildman–Crippen MR) is 139 cm³/mol. The lowest BCUT2D eigenvalue weighted by Gasteiger charge is -2.15. The van der Waals surface area contributed by atoms with E-state index in [1.165, 1.54) is 28.5 Å². The van der Waals surface area contributed by atoms with Gasteiger partial charge in [-0.05, 0) is 55.3 Å². The zero-order chi connectivity index (χ0) is 26.5. The summed E-state index contributed by atoms with van der Waals surface area (Å²) in [6.07, 6.45) is 0.469. The molecule has 1 atom stereocenters. The number of aryl methyl sites for hydroxylation is 2. The lowest BCUT2D eigenvalue weighted by Crippen LogP contribution is -2.30. The number of hydrogen-bond acceptors (Lipinski definition) is 9. The number of phenolic OH excluding ortho intramolecular Hbond substituents is 1. The molecular weight excluding hydrogens is 480 g/mol. The zero-order valence-corrected chi connectivity index (χ0v) is 20.6. The third kappa shape index (κ3) is 5.81. The van der Waals surface area contributed by atoms with Crippen molar-refractivity contribution in [2.75, 3.05) is 18.6 Å². The van der Waals surface area contributed by atoms with Crippen molar-refractivity contribution >= 4 is 23.3 Å². The van der Waals surface area contributed by atoms with E-state index in [1.807, 2.05) is 32.0 Å². The number of anilines is 1. The monoisotopic (exact) mass is 508 g/mol. The first-order valence-corrected chi connectivity index (χ1v) is 11.6. The van der Waals surface area contributed by atoms with Gasteiger partial charge in [0.1, 0.15) is 18.5 Å². The SMILES string of the molecule is CCOc1cc(C=NNc2nc3c(c(=O)[nH]c(=O)n3C)n2CC(O)COc2cccc(C)c2)ccc1O. The van der Waals surface area contributed by atoms with Crippen molar-refractivity contribution in [2.45, 2.75) is 26.5 Å². The minimum atomic E-state index is -1.01. The molecule has 2 aromatic heterocycles. The zero-order valence-electron chi connectivity index (χ0n) is 20.6. The lowest BCUT2D eigenvalue weighted by molar-refractivity contribution is 0.0938. The topological polar surface area (TPSA) is 156 Å². The van der Waals surface area contributed by atoms with E-state index in [-0.39, 0.29) is 36.0 Å². The highest BCUT2D eigenvalue weighted by molar-refractivity contribution is 5.81. The maximum absolute atomic E-state index is 12.7. The molecule has 1 unspecified atom stereocenters. The molecule has 0 spiro atoms. The van der Waals surface area contributed by atoms with Crippen LogP contribution in [0, 0.1) is 6.92 Å². The number of aromatic nitrogens is 4. The molecule has 0 fully saturated rings. The van der Waals surface area contributed by atoms with Crippen LogP contribution >= 0.6 is 0 Å². The van der Waals surface area contributed by atoms with Gasteiger partial charge in [0.2, 0.25) is 5.95 Å². The number of aliphatic hydroxyl groups is 1. The summed E-state index contributed by atoms with van der Waals surface area (Å²) < 4.78 is 13.7. The van der Waals surface area contributed by atoms with Crippen LogP contribution in [0.15, 0.2) is 57.2 Å². The van der Waals surface area contributed by atoms with E-state index in [1.54, 1.807) is 18.2 Å². The maximum Gasteiger partial charge on any atom is 0.329 e. The fourth-order valence-corrected chi connectivity index (χ4v) is 3.71. The van der Waals surface area contributed by atoms with Crippen molar-refractivity contribution in [1.82, 2.24) is 19.1 Å². The van der Waals surface area contributed by atoms with Crippen LogP contribution in [0.25, 0.3) is 11.2 Å². The first kappa shape index (κ1) is 25.5. The van der Waals surface area contributed by atoms with Crippen molar-refractivity contribution in [2.24, 2.45) is 12.1 Å². The third-order valence-corrected chi connectivity index (χ3v) is 5.49. The normalized spacial score (nSPS) is 12.2. The minimum Gasteiger partial charge on any atom is -0.504 e. The Bertz CT molecular complexity index is 1550. The molecule has 12 nitrogen and oxygen atoms in total. The van der Waals surface area contributed by atoms with Crippen LogP contribution in [0.1, 0.15) is 18.1 Å². The van der Waals surface area contributed by atoms with E-state index in [4.69, 9.17) is 9.47 Å². The Morgan fingerprint density at radius 3 is 2.78 bits per heavy atom. The van der Waals surface area contributed by atoms with Crippen molar-refractivity contribution < 1.29 is 19.7 Å². The number of imidazole rings is 1. The van der Waals surface area contributed by atoms with Crippen LogP contribution in [-0.4, -0.2) is 54.8 Å². The first-order valence-electron chi connectivity index (χ1n) is 11.6. The summed E-state index contributed by atoms with van der Waals surface area (Å²) in [4.78, 5) is 31.4. The molecule has 0 amide bonds. The van der Waals surface area contributed by atoms with Gasteiger partial charge in [-0.15, -0.1) is 0 Å². The van der Waals surface area contributed by atoms with Crippen molar-refractivity contribution in [3.63, 3.8) is 0 Å². The summed E-state index contributed by atoms with van der Waals surface area (Å²) in [6, 6.07) is 12.2. The second kappa shape index (κ2) is 11.0. The Kier molecular flexibility index (Phi) is 7.58. The fraction of sp³-hybridized carbons (Fsp3) is 0.280. The molecule has 4 rings (SSSR count). The smallest absolute Gasteiger partial charge is 0.329 e. The van der Waals surface area contributed by atoms with Gasteiger partial charge < -0.3 is 24.3 Å². The summed E-state index contributed by atoms with van der Waals surface area (Å²) in [5.41, 5.74) is 3.39. The number of rotatable bonds is 10. The standard InChI is InChI=1S/C25H28N6O6/c1-4-36-20-11-16(8-9-19(20)33)12-26-29-24-27-22-21(23(34)28-25(35)30(22)3)31(24)13-17(32)14-37-18-7-5-6-15(2)10-18/h5-12,17,32-33H,4,13-14H2,1-3H3,(H,27,29)(H,28,34,35). The second-order valence-corrected chi connectivity index (χ2v) is 8.35. The average molecular weight is 509 g/mol. The van der Waals surface area contributed by atoms with E-state index in [2.05, 4.69) is 20.5 Å². The average Bonchev–Trinajstić information content (AvgIpc) is 3.22. The molecule has 0 aliphatic heterocycles. The van der Waals surface area contributed by atoms with Crippen molar-refractivity contribution in [3.8, 4) is 17.2 Å². The molecule has 4 N–H and O–H groups in total. The summed E-state index contributed by atoms with van der Waals surface area (Å²) in [5, 5.41) is 24.8. The molecular formula is C25H28N6O6. The Balaban J connectivity index is 1.61. The van der Waals surface area contributed by atoms with Gasteiger partial charge in [-0.3, -0.25) is 14.3 Å². The van der Waals surface area contributed by atoms with E-state index >= 15 is 0 Å². The van der Waals surface area contributed by atoms with Gasteiger partial charge >= 0.3 is 5.69 Å². The Labute approximate surface area is 211 Å².